The molecule has 0 aliphatic rings. The second-order valence-electron chi connectivity index (χ2n) is 7.72. The summed E-state index contributed by atoms with van der Waals surface area (Å²) in [5, 5.41) is 3.78. The topological polar surface area (TPSA) is 75.7 Å². The minimum atomic E-state index is -3.64. The van der Waals surface area contributed by atoms with Gasteiger partial charge in [-0.3, -0.25) is 9.10 Å². The number of rotatable bonds is 9. The molecule has 0 spiro atoms. The van der Waals surface area contributed by atoms with Gasteiger partial charge in [0.15, 0.2) is 0 Å². The molecule has 0 aliphatic carbocycles. The molecule has 9 heteroatoms. The second kappa shape index (κ2) is 11.1. The highest BCUT2D eigenvalue weighted by Crippen LogP contribution is 2.29. The number of nitrogens with one attached hydrogen (secondary N) is 1. The van der Waals surface area contributed by atoms with Crippen LogP contribution in [-0.4, -0.2) is 27.7 Å². The third-order valence-corrected chi connectivity index (χ3v) is 7.26. The van der Waals surface area contributed by atoms with Crippen molar-refractivity contribution in [3.05, 3.63) is 93.5 Å². The van der Waals surface area contributed by atoms with Crippen molar-refractivity contribution in [2.24, 2.45) is 0 Å². The van der Waals surface area contributed by atoms with E-state index < -0.39 is 10.0 Å². The Kier molecular flexibility index (Phi) is 8.47. The number of methoxy groups -OCH3 is 1. The molecule has 0 radical (unpaired) electrons. The van der Waals surface area contributed by atoms with E-state index in [-0.39, 0.29) is 18.5 Å². The first-order chi connectivity index (χ1) is 16.1. The van der Waals surface area contributed by atoms with Crippen molar-refractivity contribution in [1.82, 2.24) is 5.32 Å². The number of benzene rings is 3. The summed E-state index contributed by atoms with van der Waals surface area (Å²) in [5.74, 6) is 0.489. The Hall–Kier alpha value is -2.74. The number of amides is 1. The van der Waals surface area contributed by atoms with E-state index in [0.29, 0.717) is 33.3 Å². The van der Waals surface area contributed by atoms with Gasteiger partial charge < -0.3 is 10.1 Å². The Morgan fingerprint density at radius 3 is 2.09 bits per heavy atom. The molecule has 0 heterocycles. The first kappa shape index (κ1) is 25.9. The van der Waals surface area contributed by atoms with Gasteiger partial charge >= 0.3 is 0 Å². The van der Waals surface area contributed by atoms with Crippen LogP contribution in [0.4, 0.5) is 5.69 Å². The lowest BCUT2D eigenvalue weighted by Crippen LogP contribution is -2.30. The minimum absolute atomic E-state index is 0.0295. The zero-order valence-corrected chi connectivity index (χ0v) is 21.4. The van der Waals surface area contributed by atoms with Crippen LogP contribution in [0.25, 0.3) is 0 Å². The summed E-state index contributed by atoms with van der Waals surface area (Å²) in [6, 6.07) is 18.7. The zero-order valence-electron chi connectivity index (χ0n) is 19.1. The average molecular weight is 521 g/mol. The Balaban J connectivity index is 1.80. The molecule has 0 aromatic heterocycles. The number of carbonyl (C=O) groups excluding carboxylic acids is 1. The van der Waals surface area contributed by atoms with Crippen LogP contribution in [0.3, 0.4) is 0 Å². The minimum Gasteiger partial charge on any atom is -0.497 e. The summed E-state index contributed by atoms with van der Waals surface area (Å²) >= 11 is 12.5. The van der Waals surface area contributed by atoms with E-state index in [1.165, 1.54) is 4.31 Å². The maximum absolute atomic E-state index is 12.9. The normalized spacial score (nSPS) is 12.1. The number of sulfonamides is 1. The van der Waals surface area contributed by atoms with Gasteiger partial charge in [0.1, 0.15) is 5.75 Å². The number of carbonyl (C=O) groups is 1. The SMILES string of the molecule is CCC(NC(=O)c1ccc(N(Cc2c(Cl)cccc2Cl)S(C)(=O)=O)cc1)c1ccc(OC)cc1. The molecule has 0 bridgehead atoms. The van der Waals surface area contributed by atoms with Crippen LogP contribution in [0.15, 0.2) is 66.7 Å². The number of anilines is 1. The van der Waals surface area contributed by atoms with Crippen molar-refractivity contribution < 1.29 is 17.9 Å². The molecule has 1 amide bonds. The third-order valence-electron chi connectivity index (χ3n) is 5.41. The fourth-order valence-electron chi connectivity index (χ4n) is 3.50. The van der Waals surface area contributed by atoms with Crippen LogP contribution in [0.5, 0.6) is 5.75 Å². The van der Waals surface area contributed by atoms with Crippen molar-refractivity contribution in [3.63, 3.8) is 0 Å². The highest BCUT2D eigenvalue weighted by atomic mass is 35.5. The third kappa shape index (κ3) is 6.23. The number of hydrogen-bond donors (Lipinski definition) is 1. The molecule has 3 rings (SSSR count). The molecule has 3 aromatic rings. The average Bonchev–Trinajstić information content (AvgIpc) is 2.81. The molecule has 0 saturated heterocycles. The Labute approximate surface area is 210 Å². The molecular formula is C25H26Cl2N2O4S. The predicted octanol–water partition coefficient (Wildman–Crippen LogP) is 5.85. The van der Waals surface area contributed by atoms with Gasteiger partial charge in [-0.05, 0) is 60.5 Å². The zero-order chi connectivity index (χ0) is 24.9. The lowest BCUT2D eigenvalue weighted by atomic mass is 10.0. The van der Waals surface area contributed by atoms with E-state index in [4.69, 9.17) is 27.9 Å². The van der Waals surface area contributed by atoms with Crippen molar-refractivity contribution in [2.75, 3.05) is 17.7 Å². The van der Waals surface area contributed by atoms with Crippen LogP contribution < -0.4 is 14.4 Å². The second-order valence-corrected chi connectivity index (χ2v) is 10.4. The Bertz CT molecular complexity index is 1230. The Morgan fingerprint density at radius 2 is 1.59 bits per heavy atom. The maximum atomic E-state index is 12.9. The van der Waals surface area contributed by atoms with Gasteiger partial charge in [-0.25, -0.2) is 8.42 Å². The van der Waals surface area contributed by atoms with Crippen molar-refractivity contribution in [3.8, 4) is 5.75 Å². The van der Waals surface area contributed by atoms with E-state index in [1.54, 1.807) is 49.6 Å². The number of ether oxygens (including phenoxy) is 1. The van der Waals surface area contributed by atoms with E-state index in [2.05, 4.69) is 5.32 Å². The highest BCUT2D eigenvalue weighted by Gasteiger charge is 2.21. The molecule has 3 aromatic carbocycles. The molecule has 34 heavy (non-hydrogen) atoms. The van der Waals surface area contributed by atoms with Gasteiger partial charge in [-0.15, -0.1) is 0 Å². The smallest absolute Gasteiger partial charge is 0.251 e. The molecule has 1 N–H and O–H groups in total. The standard InChI is InChI=1S/C25H26Cl2N2O4S/c1-4-24(17-10-14-20(33-2)15-11-17)28-25(30)18-8-12-19(13-9-18)29(34(3,31)32)16-21-22(26)6-5-7-23(21)27/h5-15,24H,4,16H2,1-3H3,(H,28,30). The van der Waals surface area contributed by atoms with Crippen LogP contribution in [0.1, 0.15) is 40.9 Å². The molecule has 1 atom stereocenters. The fourth-order valence-corrected chi connectivity index (χ4v) is 4.89. The van der Waals surface area contributed by atoms with E-state index >= 15 is 0 Å². The van der Waals surface area contributed by atoms with Gasteiger partial charge in [0.2, 0.25) is 10.0 Å². The molecular weight excluding hydrogens is 495 g/mol. The first-order valence-corrected chi connectivity index (χ1v) is 13.2. The highest BCUT2D eigenvalue weighted by molar-refractivity contribution is 7.92. The van der Waals surface area contributed by atoms with Gasteiger partial charge in [-0.2, -0.15) is 0 Å². The molecule has 180 valence electrons. The summed E-state index contributed by atoms with van der Waals surface area (Å²) in [5.41, 5.74) is 2.29. The summed E-state index contributed by atoms with van der Waals surface area (Å²) in [6.45, 7) is 1.96. The van der Waals surface area contributed by atoms with Crippen LogP contribution in [-0.2, 0) is 16.6 Å². The Morgan fingerprint density at radius 1 is 1.00 bits per heavy atom. The summed E-state index contributed by atoms with van der Waals surface area (Å²) in [6.07, 6.45) is 1.82. The van der Waals surface area contributed by atoms with Gasteiger partial charge in [-0.1, -0.05) is 48.3 Å². The summed E-state index contributed by atoms with van der Waals surface area (Å²) in [4.78, 5) is 12.9. The number of nitrogens with zero attached hydrogens (tertiary/aromatic N) is 1. The van der Waals surface area contributed by atoms with Crippen molar-refractivity contribution in [1.29, 1.82) is 0 Å². The molecule has 1 unspecified atom stereocenters. The van der Waals surface area contributed by atoms with Gasteiger partial charge in [0.25, 0.3) is 5.91 Å². The van der Waals surface area contributed by atoms with Gasteiger partial charge in [0.05, 0.1) is 31.6 Å². The van der Waals surface area contributed by atoms with Crippen molar-refractivity contribution >= 4 is 44.8 Å². The largest absolute Gasteiger partial charge is 0.497 e. The van der Waals surface area contributed by atoms with Gasteiger partial charge in [0, 0.05) is 21.2 Å². The summed E-state index contributed by atoms with van der Waals surface area (Å²) in [7, 11) is -2.04. The fraction of sp³-hybridized carbons (Fsp3) is 0.240. The summed E-state index contributed by atoms with van der Waals surface area (Å²) < 4.78 is 31.4. The lowest BCUT2D eigenvalue weighted by Gasteiger charge is -2.24. The predicted molar refractivity (Wildman–Crippen MR) is 137 cm³/mol. The monoisotopic (exact) mass is 520 g/mol. The van der Waals surface area contributed by atoms with Crippen LogP contribution in [0, 0.1) is 0 Å². The van der Waals surface area contributed by atoms with Crippen LogP contribution >= 0.6 is 23.2 Å². The molecule has 0 aliphatic heterocycles. The van der Waals surface area contributed by atoms with Crippen LogP contribution in [0.2, 0.25) is 10.0 Å². The quantitative estimate of drug-likeness (QED) is 0.383. The van der Waals surface area contributed by atoms with Crippen molar-refractivity contribution in [2.45, 2.75) is 25.9 Å². The lowest BCUT2D eigenvalue weighted by molar-refractivity contribution is 0.0935. The maximum Gasteiger partial charge on any atom is 0.251 e. The van der Waals surface area contributed by atoms with E-state index in [0.717, 1.165) is 17.6 Å². The first-order valence-electron chi connectivity index (χ1n) is 10.6. The molecule has 6 nitrogen and oxygen atoms in total. The van der Waals surface area contributed by atoms with E-state index in [1.807, 2.05) is 31.2 Å². The number of halogens is 2. The van der Waals surface area contributed by atoms with E-state index in [9.17, 15) is 13.2 Å². The molecule has 0 fully saturated rings. The number of hydrogen-bond acceptors (Lipinski definition) is 4. The molecule has 0 saturated carbocycles.